The highest BCUT2D eigenvalue weighted by Gasteiger charge is 2.16. The second kappa shape index (κ2) is 7.83. The first kappa shape index (κ1) is 18.5. The molecule has 2 aromatic carbocycles. The average molecular weight is 341 g/mol. The lowest BCUT2D eigenvalue weighted by Gasteiger charge is -2.16. The fourth-order valence-corrected chi connectivity index (χ4v) is 2.42. The lowest BCUT2D eigenvalue weighted by molar-refractivity contribution is -0.124. The van der Waals surface area contributed by atoms with Crippen LogP contribution < -0.4 is 5.32 Å². The Morgan fingerprint density at radius 2 is 1.80 bits per heavy atom. The molecule has 1 atom stereocenters. The number of aryl methyl sites for hydroxylation is 3. The smallest absolute Gasteiger partial charge is 0.342 e. The molecule has 5 nitrogen and oxygen atoms in total. The van der Waals surface area contributed by atoms with Crippen molar-refractivity contribution in [2.45, 2.75) is 33.7 Å². The van der Waals surface area contributed by atoms with Gasteiger partial charge in [-0.1, -0.05) is 29.8 Å². The molecule has 0 aliphatic heterocycles. The minimum atomic E-state index is -0.727. The van der Waals surface area contributed by atoms with Gasteiger partial charge in [0.1, 0.15) is 11.3 Å². The number of carbonyl (C=O) groups excluding carboxylic acids is 2. The van der Waals surface area contributed by atoms with Crippen LogP contribution in [-0.2, 0) is 9.53 Å². The maximum Gasteiger partial charge on any atom is 0.342 e. The molecule has 1 amide bonds. The standard InChI is InChI=1S/C20H23NO4/c1-12-5-8-18(22)17(9-12)20(24)25-11-19(23)21-15(4)16-7-6-13(2)14(3)10-16/h5-10,15,22H,11H2,1-4H3,(H,21,23)/t15-/m0/s1. The molecule has 2 N–H and O–H groups in total. The molecule has 0 aliphatic carbocycles. The summed E-state index contributed by atoms with van der Waals surface area (Å²) in [6, 6.07) is 10.4. The topological polar surface area (TPSA) is 75.6 Å². The van der Waals surface area contributed by atoms with Gasteiger partial charge in [0.25, 0.3) is 5.91 Å². The third-order valence-corrected chi connectivity index (χ3v) is 4.11. The fourth-order valence-electron chi connectivity index (χ4n) is 2.42. The van der Waals surface area contributed by atoms with E-state index < -0.39 is 18.5 Å². The Morgan fingerprint density at radius 3 is 2.48 bits per heavy atom. The summed E-state index contributed by atoms with van der Waals surface area (Å²) < 4.78 is 4.99. The summed E-state index contributed by atoms with van der Waals surface area (Å²) in [6.45, 7) is 7.32. The van der Waals surface area contributed by atoms with E-state index in [0.29, 0.717) is 0 Å². The maximum absolute atomic E-state index is 12.0. The summed E-state index contributed by atoms with van der Waals surface area (Å²) in [5, 5.41) is 12.5. The Labute approximate surface area is 147 Å². The lowest BCUT2D eigenvalue weighted by atomic mass is 10.0. The van der Waals surface area contributed by atoms with Crippen molar-refractivity contribution in [2.75, 3.05) is 6.61 Å². The average Bonchev–Trinajstić information content (AvgIpc) is 2.57. The van der Waals surface area contributed by atoms with Crippen LogP contribution in [0.15, 0.2) is 36.4 Å². The zero-order chi connectivity index (χ0) is 18.6. The molecular formula is C20H23NO4. The Balaban J connectivity index is 1.92. The van der Waals surface area contributed by atoms with E-state index in [-0.39, 0.29) is 17.4 Å². The minimum Gasteiger partial charge on any atom is -0.507 e. The van der Waals surface area contributed by atoms with E-state index in [4.69, 9.17) is 4.74 Å². The molecule has 2 aromatic rings. The number of hydrogen-bond acceptors (Lipinski definition) is 4. The van der Waals surface area contributed by atoms with Crippen molar-refractivity contribution in [1.29, 1.82) is 0 Å². The third-order valence-electron chi connectivity index (χ3n) is 4.11. The van der Waals surface area contributed by atoms with E-state index in [0.717, 1.165) is 16.7 Å². The van der Waals surface area contributed by atoms with Crippen LogP contribution >= 0.6 is 0 Å². The summed E-state index contributed by atoms with van der Waals surface area (Å²) >= 11 is 0. The van der Waals surface area contributed by atoms with Crippen molar-refractivity contribution in [1.82, 2.24) is 5.32 Å². The predicted octanol–water partition coefficient (Wildman–Crippen LogP) is 3.35. The van der Waals surface area contributed by atoms with E-state index in [1.807, 2.05) is 39.0 Å². The number of nitrogens with one attached hydrogen (secondary N) is 1. The molecule has 0 unspecified atom stereocenters. The first-order valence-corrected chi connectivity index (χ1v) is 8.11. The number of phenols is 1. The van der Waals surface area contributed by atoms with E-state index in [2.05, 4.69) is 5.32 Å². The molecule has 0 radical (unpaired) electrons. The van der Waals surface area contributed by atoms with E-state index in [1.165, 1.54) is 17.7 Å². The zero-order valence-corrected chi connectivity index (χ0v) is 14.9. The summed E-state index contributed by atoms with van der Waals surface area (Å²) in [4.78, 5) is 24.0. The van der Waals surface area contributed by atoms with Crippen molar-refractivity contribution in [3.63, 3.8) is 0 Å². The van der Waals surface area contributed by atoms with Crippen LogP contribution in [0.1, 0.15) is 45.6 Å². The van der Waals surface area contributed by atoms with Gasteiger partial charge in [-0.3, -0.25) is 4.79 Å². The van der Waals surface area contributed by atoms with Crippen molar-refractivity contribution >= 4 is 11.9 Å². The summed E-state index contributed by atoms with van der Waals surface area (Å²) in [5.41, 5.74) is 4.20. The third kappa shape index (κ3) is 4.83. The van der Waals surface area contributed by atoms with Crippen LogP contribution in [-0.4, -0.2) is 23.6 Å². The number of esters is 1. The number of benzene rings is 2. The largest absolute Gasteiger partial charge is 0.507 e. The molecular weight excluding hydrogens is 318 g/mol. The van der Waals surface area contributed by atoms with Crippen LogP contribution in [0.25, 0.3) is 0 Å². The zero-order valence-electron chi connectivity index (χ0n) is 14.9. The molecule has 0 saturated carbocycles. The summed E-state index contributed by atoms with van der Waals surface area (Å²) in [5.74, 6) is -1.29. The van der Waals surface area contributed by atoms with E-state index in [9.17, 15) is 14.7 Å². The molecule has 0 heterocycles. The van der Waals surface area contributed by atoms with Crippen molar-refractivity contribution in [2.24, 2.45) is 0 Å². The maximum atomic E-state index is 12.0. The van der Waals surface area contributed by atoms with Crippen LogP contribution in [0.3, 0.4) is 0 Å². The highest BCUT2D eigenvalue weighted by atomic mass is 16.5. The monoisotopic (exact) mass is 341 g/mol. The molecule has 0 aliphatic rings. The second-order valence-electron chi connectivity index (χ2n) is 6.23. The van der Waals surface area contributed by atoms with Gasteiger partial charge in [0.15, 0.2) is 6.61 Å². The summed E-state index contributed by atoms with van der Waals surface area (Å²) in [6.07, 6.45) is 0. The van der Waals surface area contributed by atoms with Gasteiger partial charge < -0.3 is 15.2 Å². The molecule has 2 rings (SSSR count). The molecule has 0 bridgehead atoms. The number of aromatic hydroxyl groups is 1. The molecule has 5 heteroatoms. The van der Waals surface area contributed by atoms with Gasteiger partial charge >= 0.3 is 5.97 Å². The highest BCUT2D eigenvalue weighted by Crippen LogP contribution is 2.19. The Hall–Kier alpha value is -2.82. The molecule has 0 spiro atoms. The Bertz CT molecular complexity index is 798. The number of amides is 1. The van der Waals surface area contributed by atoms with Gasteiger partial charge in [-0.25, -0.2) is 4.79 Å². The summed E-state index contributed by atoms with van der Waals surface area (Å²) in [7, 11) is 0. The molecule has 0 saturated heterocycles. The molecule has 0 aromatic heterocycles. The molecule has 0 fully saturated rings. The van der Waals surface area contributed by atoms with Gasteiger partial charge in [0.05, 0.1) is 6.04 Å². The quantitative estimate of drug-likeness (QED) is 0.818. The fraction of sp³-hybridized carbons (Fsp3) is 0.300. The Morgan fingerprint density at radius 1 is 1.08 bits per heavy atom. The normalized spacial score (nSPS) is 11.7. The van der Waals surface area contributed by atoms with Crippen LogP contribution in [0.2, 0.25) is 0 Å². The van der Waals surface area contributed by atoms with Crippen LogP contribution in [0.5, 0.6) is 5.75 Å². The minimum absolute atomic E-state index is 0.0509. The van der Waals surface area contributed by atoms with E-state index in [1.54, 1.807) is 13.0 Å². The van der Waals surface area contributed by atoms with Gasteiger partial charge in [0, 0.05) is 0 Å². The highest BCUT2D eigenvalue weighted by molar-refractivity contribution is 5.94. The molecule has 25 heavy (non-hydrogen) atoms. The van der Waals surface area contributed by atoms with Gasteiger partial charge in [-0.2, -0.15) is 0 Å². The number of ether oxygens (including phenoxy) is 1. The van der Waals surface area contributed by atoms with Crippen LogP contribution in [0, 0.1) is 20.8 Å². The lowest BCUT2D eigenvalue weighted by Crippen LogP contribution is -2.31. The first-order valence-electron chi connectivity index (χ1n) is 8.11. The number of carbonyl (C=O) groups is 2. The molecule has 132 valence electrons. The SMILES string of the molecule is Cc1ccc(O)c(C(=O)OCC(=O)N[C@@H](C)c2ccc(C)c(C)c2)c1. The predicted molar refractivity (Wildman–Crippen MR) is 95.6 cm³/mol. The number of hydrogen-bond donors (Lipinski definition) is 2. The van der Waals surface area contributed by atoms with Gasteiger partial charge in [0.2, 0.25) is 0 Å². The van der Waals surface area contributed by atoms with Crippen LogP contribution in [0.4, 0.5) is 0 Å². The van der Waals surface area contributed by atoms with E-state index >= 15 is 0 Å². The van der Waals surface area contributed by atoms with Crippen molar-refractivity contribution in [3.05, 3.63) is 64.2 Å². The van der Waals surface area contributed by atoms with Gasteiger partial charge in [-0.05, 0) is 56.5 Å². The number of phenolic OH excluding ortho intramolecular Hbond substituents is 1. The Kier molecular flexibility index (Phi) is 5.80. The van der Waals surface area contributed by atoms with Crippen molar-refractivity contribution < 1.29 is 19.4 Å². The second-order valence-corrected chi connectivity index (χ2v) is 6.23. The number of rotatable bonds is 5. The van der Waals surface area contributed by atoms with Crippen molar-refractivity contribution in [3.8, 4) is 5.75 Å². The van der Waals surface area contributed by atoms with Gasteiger partial charge in [-0.15, -0.1) is 0 Å². The first-order chi connectivity index (χ1) is 11.8.